The van der Waals surface area contributed by atoms with Crippen LogP contribution < -0.4 is 15.0 Å². The third kappa shape index (κ3) is 2.47. The fourth-order valence-corrected chi connectivity index (χ4v) is 2.48. The molecule has 0 amide bonds. The van der Waals surface area contributed by atoms with Crippen LogP contribution >= 0.6 is 0 Å². The number of anilines is 1. The number of carboxylic acids is 1. The molecule has 110 valence electrons. The molecule has 1 atom stereocenters. The normalized spacial score (nSPS) is 18.7. The number of para-hydroxylation sites is 2. The molecule has 0 spiro atoms. The van der Waals surface area contributed by atoms with Gasteiger partial charge in [-0.05, 0) is 12.1 Å². The molecule has 0 bridgehead atoms. The predicted molar refractivity (Wildman–Crippen MR) is 77.7 cm³/mol. The zero-order chi connectivity index (χ0) is 14.8. The van der Waals surface area contributed by atoms with Crippen LogP contribution in [0.15, 0.2) is 24.3 Å². The Morgan fingerprint density at radius 2 is 2.10 bits per heavy atom. The number of rotatable bonds is 3. The number of benzene rings is 1. The molecule has 3 rings (SSSR count). The summed E-state index contributed by atoms with van der Waals surface area (Å²) in [5, 5.41) is 12.5. The standard InChI is InChI=1S/C14H16N4O3/c1-21-13-12(16-9-4-2-3-5-10(9)17-13)18-7-6-15-8-11(18)14(19)20/h2-5,11,15H,6-8H2,1H3,(H,19,20)/t11-/m0/s1. The second-order valence-electron chi connectivity index (χ2n) is 4.80. The molecular formula is C14H16N4O3. The summed E-state index contributed by atoms with van der Waals surface area (Å²) in [5.74, 6) is -0.0637. The number of aliphatic carboxylic acids is 1. The van der Waals surface area contributed by atoms with Crippen LogP contribution in [0.4, 0.5) is 5.82 Å². The van der Waals surface area contributed by atoms with Crippen molar-refractivity contribution in [1.29, 1.82) is 0 Å². The summed E-state index contributed by atoms with van der Waals surface area (Å²) in [5.41, 5.74) is 1.44. The molecule has 1 saturated heterocycles. The van der Waals surface area contributed by atoms with Gasteiger partial charge in [-0.15, -0.1) is 0 Å². The Morgan fingerprint density at radius 1 is 1.38 bits per heavy atom. The molecule has 21 heavy (non-hydrogen) atoms. The molecular weight excluding hydrogens is 272 g/mol. The average molecular weight is 288 g/mol. The number of aromatic nitrogens is 2. The van der Waals surface area contributed by atoms with Gasteiger partial charge in [0.2, 0.25) is 0 Å². The van der Waals surface area contributed by atoms with E-state index in [1.54, 1.807) is 4.90 Å². The van der Waals surface area contributed by atoms with Crippen LogP contribution in [0.1, 0.15) is 0 Å². The van der Waals surface area contributed by atoms with Gasteiger partial charge in [0.15, 0.2) is 5.82 Å². The number of fused-ring (bicyclic) bond motifs is 1. The van der Waals surface area contributed by atoms with E-state index < -0.39 is 12.0 Å². The van der Waals surface area contributed by atoms with Crippen molar-refractivity contribution in [2.24, 2.45) is 0 Å². The maximum Gasteiger partial charge on any atom is 0.327 e. The zero-order valence-electron chi connectivity index (χ0n) is 11.6. The average Bonchev–Trinajstić information content (AvgIpc) is 2.53. The zero-order valence-corrected chi connectivity index (χ0v) is 11.6. The number of methoxy groups -OCH3 is 1. The van der Waals surface area contributed by atoms with E-state index >= 15 is 0 Å². The Labute approximate surface area is 121 Å². The molecule has 1 aliphatic rings. The van der Waals surface area contributed by atoms with E-state index in [2.05, 4.69) is 15.3 Å². The first kappa shape index (κ1) is 13.6. The lowest BCUT2D eigenvalue weighted by Crippen LogP contribution is -2.55. The Bertz CT molecular complexity index is 676. The van der Waals surface area contributed by atoms with Gasteiger partial charge in [-0.3, -0.25) is 0 Å². The third-order valence-electron chi connectivity index (χ3n) is 3.52. The van der Waals surface area contributed by atoms with Crippen molar-refractivity contribution < 1.29 is 14.6 Å². The first-order chi connectivity index (χ1) is 10.2. The predicted octanol–water partition coefficient (Wildman–Crippen LogP) is 0.501. The minimum atomic E-state index is -0.890. The van der Waals surface area contributed by atoms with Crippen molar-refractivity contribution >= 4 is 22.8 Å². The molecule has 7 nitrogen and oxygen atoms in total. The molecule has 1 aliphatic heterocycles. The highest BCUT2D eigenvalue weighted by molar-refractivity contribution is 5.82. The number of ether oxygens (including phenoxy) is 1. The number of carboxylic acid groups (broad SMARTS) is 1. The Kier molecular flexibility index (Phi) is 3.57. The Hall–Kier alpha value is -2.41. The van der Waals surface area contributed by atoms with Gasteiger partial charge in [-0.1, -0.05) is 12.1 Å². The summed E-state index contributed by atoms with van der Waals surface area (Å²) in [6, 6.07) is 6.77. The number of nitrogens with one attached hydrogen (secondary N) is 1. The first-order valence-corrected chi connectivity index (χ1v) is 6.71. The maximum atomic E-state index is 11.4. The third-order valence-corrected chi connectivity index (χ3v) is 3.52. The van der Waals surface area contributed by atoms with E-state index in [-0.39, 0.29) is 0 Å². The van der Waals surface area contributed by atoms with Gasteiger partial charge >= 0.3 is 5.97 Å². The molecule has 2 aromatic rings. The minimum absolute atomic E-state index is 0.349. The Morgan fingerprint density at radius 3 is 2.76 bits per heavy atom. The topological polar surface area (TPSA) is 87.6 Å². The summed E-state index contributed by atoms with van der Waals surface area (Å²) >= 11 is 0. The molecule has 1 aromatic carbocycles. The fourth-order valence-electron chi connectivity index (χ4n) is 2.48. The van der Waals surface area contributed by atoms with Crippen LogP contribution in [-0.2, 0) is 4.79 Å². The molecule has 0 radical (unpaired) electrons. The van der Waals surface area contributed by atoms with Gasteiger partial charge in [0, 0.05) is 19.6 Å². The molecule has 7 heteroatoms. The number of carbonyl (C=O) groups is 1. The van der Waals surface area contributed by atoms with Gasteiger partial charge in [-0.25, -0.2) is 14.8 Å². The second kappa shape index (κ2) is 5.53. The summed E-state index contributed by atoms with van der Waals surface area (Å²) in [6.07, 6.45) is 0. The lowest BCUT2D eigenvalue weighted by Gasteiger charge is -2.34. The number of hydrogen-bond donors (Lipinski definition) is 2. The summed E-state index contributed by atoms with van der Waals surface area (Å²) in [7, 11) is 1.51. The van der Waals surface area contributed by atoms with Gasteiger partial charge in [0.1, 0.15) is 6.04 Å². The quantitative estimate of drug-likeness (QED) is 0.850. The van der Waals surface area contributed by atoms with E-state index in [9.17, 15) is 9.90 Å². The van der Waals surface area contributed by atoms with Crippen molar-refractivity contribution in [2.75, 3.05) is 31.6 Å². The SMILES string of the molecule is COc1nc2ccccc2nc1N1CCNC[C@H]1C(=O)O. The van der Waals surface area contributed by atoms with E-state index in [1.807, 2.05) is 24.3 Å². The molecule has 2 N–H and O–H groups in total. The van der Waals surface area contributed by atoms with Crippen LogP contribution in [0.3, 0.4) is 0 Å². The fraction of sp³-hybridized carbons (Fsp3) is 0.357. The molecule has 1 fully saturated rings. The molecule has 0 unspecified atom stereocenters. The van der Waals surface area contributed by atoms with Gasteiger partial charge in [0.25, 0.3) is 5.88 Å². The number of nitrogens with zero attached hydrogens (tertiary/aromatic N) is 3. The van der Waals surface area contributed by atoms with Crippen molar-refractivity contribution in [3.8, 4) is 5.88 Å². The van der Waals surface area contributed by atoms with Crippen LogP contribution in [-0.4, -0.2) is 53.8 Å². The smallest absolute Gasteiger partial charge is 0.327 e. The lowest BCUT2D eigenvalue weighted by atomic mass is 10.2. The maximum absolute atomic E-state index is 11.4. The highest BCUT2D eigenvalue weighted by Gasteiger charge is 2.31. The second-order valence-corrected chi connectivity index (χ2v) is 4.80. The van der Waals surface area contributed by atoms with Crippen molar-refractivity contribution in [3.05, 3.63) is 24.3 Å². The molecule has 0 aliphatic carbocycles. The van der Waals surface area contributed by atoms with Crippen LogP contribution in [0.25, 0.3) is 11.0 Å². The molecule has 0 saturated carbocycles. The van der Waals surface area contributed by atoms with Gasteiger partial charge < -0.3 is 20.1 Å². The number of hydrogen-bond acceptors (Lipinski definition) is 6. The Balaban J connectivity index is 2.10. The van der Waals surface area contributed by atoms with Gasteiger partial charge in [-0.2, -0.15) is 0 Å². The summed E-state index contributed by atoms with van der Waals surface area (Å²) < 4.78 is 5.31. The first-order valence-electron chi connectivity index (χ1n) is 6.71. The van der Waals surface area contributed by atoms with E-state index in [1.165, 1.54) is 7.11 Å². The highest BCUT2D eigenvalue weighted by atomic mass is 16.5. The monoisotopic (exact) mass is 288 g/mol. The molecule has 2 heterocycles. The summed E-state index contributed by atoms with van der Waals surface area (Å²) in [6.45, 7) is 1.61. The number of piperazine rings is 1. The van der Waals surface area contributed by atoms with Crippen molar-refractivity contribution in [1.82, 2.24) is 15.3 Å². The van der Waals surface area contributed by atoms with Crippen LogP contribution in [0.2, 0.25) is 0 Å². The van der Waals surface area contributed by atoms with E-state index in [0.29, 0.717) is 31.3 Å². The van der Waals surface area contributed by atoms with Crippen LogP contribution in [0, 0.1) is 0 Å². The molecule has 1 aromatic heterocycles. The largest absolute Gasteiger partial charge is 0.480 e. The minimum Gasteiger partial charge on any atom is -0.480 e. The van der Waals surface area contributed by atoms with Crippen LogP contribution in [0.5, 0.6) is 5.88 Å². The van der Waals surface area contributed by atoms with E-state index in [0.717, 1.165) is 11.0 Å². The van der Waals surface area contributed by atoms with E-state index in [4.69, 9.17) is 4.74 Å². The summed E-state index contributed by atoms with van der Waals surface area (Å²) in [4.78, 5) is 22.1. The highest BCUT2D eigenvalue weighted by Crippen LogP contribution is 2.28. The van der Waals surface area contributed by atoms with Crippen molar-refractivity contribution in [3.63, 3.8) is 0 Å². The van der Waals surface area contributed by atoms with Crippen molar-refractivity contribution in [2.45, 2.75) is 6.04 Å². The lowest BCUT2D eigenvalue weighted by molar-refractivity contribution is -0.138. The van der Waals surface area contributed by atoms with Gasteiger partial charge in [0.05, 0.1) is 18.1 Å².